The second-order valence-electron chi connectivity index (χ2n) is 6.43. The van der Waals surface area contributed by atoms with Crippen molar-refractivity contribution in [3.63, 3.8) is 0 Å². The van der Waals surface area contributed by atoms with Crippen molar-refractivity contribution in [2.45, 2.75) is 46.3 Å². The maximum atomic E-state index is 12.1. The quantitative estimate of drug-likeness (QED) is 0.784. The minimum atomic E-state index is -0.444. The standard InChI is InChI=1S/C14H23N3O2/c1-10-6-15-17(7-10)12-9-16(8-11(12)2)13(18)19-14(3,4)5/h6-7,11-12H,8-9H2,1-5H3/t11-,12-/m1/s1. The lowest BCUT2D eigenvalue weighted by Gasteiger charge is -2.24. The molecule has 0 aromatic carbocycles. The maximum absolute atomic E-state index is 12.1. The molecule has 5 heteroatoms. The van der Waals surface area contributed by atoms with Gasteiger partial charge in [0, 0.05) is 19.3 Å². The average Bonchev–Trinajstić information content (AvgIpc) is 2.82. The van der Waals surface area contributed by atoms with Gasteiger partial charge in [0.1, 0.15) is 5.60 Å². The largest absolute Gasteiger partial charge is 0.444 e. The smallest absolute Gasteiger partial charge is 0.410 e. The zero-order chi connectivity index (χ0) is 14.2. The van der Waals surface area contributed by atoms with E-state index in [4.69, 9.17) is 4.74 Å². The topological polar surface area (TPSA) is 47.4 Å². The van der Waals surface area contributed by atoms with Crippen LogP contribution in [0.2, 0.25) is 0 Å². The molecule has 1 aliphatic heterocycles. The second-order valence-corrected chi connectivity index (χ2v) is 6.43. The van der Waals surface area contributed by atoms with Gasteiger partial charge in [0.2, 0.25) is 0 Å². The third kappa shape index (κ3) is 3.28. The Hall–Kier alpha value is -1.52. The fourth-order valence-corrected chi connectivity index (χ4v) is 2.38. The van der Waals surface area contributed by atoms with Gasteiger partial charge >= 0.3 is 6.09 Å². The van der Waals surface area contributed by atoms with Crippen LogP contribution in [0.15, 0.2) is 12.4 Å². The number of hydrogen-bond acceptors (Lipinski definition) is 3. The van der Waals surface area contributed by atoms with Crippen molar-refractivity contribution < 1.29 is 9.53 Å². The van der Waals surface area contributed by atoms with E-state index in [1.165, 1.54) is 0 Å². The Morgan fingerprint density at radius 1 is 1.42 bits per heavy atom. The summed E-state index contributed by atoms with van der Waals surface area (Å²) < 4.78 is 7.38. The Balaban J connectivity index is 2.03. The van der Waals surface area contributed by atoms with Crippen molar-refractivity contribution >= 4 is 6.09 Å². The molecule has 1 amide bonds. The summed E-state index contributed by atoms with van der Waals surface area (Å²) in [6, 6.07) is 0.237. The van der Waals surface area contributed by atoms with Crippen molar-refractivity contribution in [2.24, 2.45) is 5.92 Å². The molecule has 1 aromatic heterocycles. The van der Waals surface area contributed by atoms with Gasteiger partial charge in [-0.2, -0.15) is 5.10 Å². The van der Waals surface area contributed by atoms with Gasteiger partial charge in [-0.3, -0.25) is 4.68 Å². The van der Waals surface area contributed by atoms with E-state index in [0.29, 0.717) is 12.5 Å². The molecule has 2 heterocycles. The molecule has 0 bridgehead atoms. The van der Waals surface area contributed by atoms with Crippen molar-refractivity contribution in [3.05, 3.63) is 18.0 Å². The van der Waals surface area contributed by atoms with Gasteiger partial charge in [0.05, 0.1) is 12.2 Å². The van der Waals surface area contributed by atoms with Crippen LogP contribution in [0.3, 0.4) is 0 Å². The summed E-state index contributed by atoms with van der Waals surface area (Å²) in [5.74, 6) is 0.381. The van der Waals surface area contributed by atoms with Crippen molar-refractivity contribution in [3.8, 4) is 0 Å². The molecule has 0 aliphatic carbocycles. The summed E-state index contributed by atoms with van der Waals surface area (Å²) in [7, 11) is 0. The normalized spacial score (nSPS) is 23.7. The number of carbonyl (C=O) groups is 1. The van der Waals surface area contributed by atoms with Crippen LogP contribution in [0, 0.1) is 12.8 Å². The minimum Gasteiger partial charge on any atom is -0.444 e. The number of aryl methyl sites for hydroxylation is 1. The number of likely N-dealkylation sites (tertiary alicyclic amines) is 1. The van der Waals surface area contributed by atoms with E-state index in [2.05, 4.69) is 12.0 Å². The molecule has 19 heavy (non-hydrogen) atoms. The molecule has 106 valence electrons. The van der Waals surface area contributed by atoms with Crippen LogP contribution >= 0.6 is 0 Å². The molecule has 0 radical (unpaired) electrons. The van der Waals surface area contributed by atoms with E-state index in [1.807, 2.05) is 44.8 Å². The Morgan fingerprint density at radius 3 is 2.63 bits per heavy atom. The van der Waals surface area contributed by atoms with Crippen LogP contribution in [0.4, 0.5) is 4.79 Å². The Bertz CT molecular complexity index is 462. The molecular weight excluding hydrogens is 242 g/mol. The summed E-state index contributed by atoms with van der Waals surface area (Å²) in [6.45, 7) is 11.2. The van der Waals surface area contributed by atoms with Gasteiger partial charge in [-0.15, -0.1) is 0 Å². The number of rotatable bonds is 1. The lowest BCUT2D eigenvalue weighted by molar-refractivity contribution is 0.0284. The average molecular weight is 265 g/mol. The van der Waals surface area contributed by atoms with Crippen LogP contribution in [0.1, 0.15) is 39.3 Å². The number of nitrogens with zero attached hydrogens (tertiary/aromatic N) is 3. The summed E-state index contributed by atoms with van der Waals surface area (Å²) in [5, 5.41) is 4.35. The third-order valence-corrected chi connectivity index (χ3v) is 3.29. The summed E-state index contributed by atoms with van der Waals surface area (Å²) in [5.41, 5.74) is 0.698. The molecule has 2 rings (SSSR count). The Morgan fingerprint density at radius 2 is 2.11 bits per heavy atom. The van der Waals surface area contributed by atoms with E-state index < -0.39 is 5.60 Å². The number of ether oxygens (including phenoxy) is 1. The summed E-state index contributed by atoms with van der Waals surface area (Å²) in [4.78, 5) is 13.8. The molecule has 2 atom stereocenters. The lowest BCUT2D eigenvalue weighted by Crippen LogP contribution is -2.35. The van der Waals surface area contributed by atoms with Crippen LogP contribution in [-0.4, -0.2) is 39.5 Å². The molecule has 0 unspecified atom stereocenters. The van der Waals surface area contributed by atoms with Gasteiger partial charge in [0.25, 0.3) is 0 Å². The van der Waals surface area contributed by atoms with Crippen molar-refractivity contribution in [1.29, 1.82) is 0 Å². The fourth-order valence-electron chi connectivity index (χ4n) is 2.38. The minimum absolute atomic E-state index is 0.231. The van der Waals surface area contributed by atoms with Crippen molar-refractivity contribution in [1.82, 2.24) is 14.7 Å². The highest BCUT2D eigenvalue weighted by Gasteiger charge is 2.36. The molecule has 5 nitrogen and oxygen atoms in total. The Labute approximate surface area is 114 Å². The summed E-state index contributed by atoms with van der Waals surface area (Å²) >= 11 is 0. The molecule has 0 N–H and O–H groups in total. The van der Waals surface area contributed by atoms with E-state index >= 15 is 0 Å². The van der Waals surface area contributed by atoms with Gasteiger partial charge in [-0.25, -0.2) is 4.79 Å². The SMILES string of the molecule is Cc1cnn([C@@H]2CN(C(=O)OC(C)(C)C)C[C@H]2C)c1. The zero-order valence-corrected chi connectivity index (χ0v) is 12.4. The second kappa shape index (κ2) is 4.87. The van der Waals surface area contributed by atoms with Gasteiger partial charge < -0.3 is 9.64 Å². The predicted molar refractivity (Wildman–Crippen MR) is 73.0 cm³/mol. The Kier molecular flexibility index (Phi) is 3.56. The third-order valence-electron chi connectivity index (χ3n) is 3.29. The highest BCUT2D eigenvalue weighted by atomic mass is 16.6. The van der Waals surface area contributed by atoms with E-state index in [0.717, 1.165) is 12.1 Å². The van der Waals surface area contributed by atoms with Crippen LogP contribution < -0.4 is 0 Å². The number of amides is 1. The molecule has 1 aliphatic rings. The maximum Gasteiger partial charge on any atom is 0.410 e. The predicted octanol–water partition coefficient (Wildman–Crippen LogP) is 2.62. The zero-order valence-electron chi connectivity index (χ0n) is 12.4. The molecule has 1 fully saturated rings. The van der Waals surface area contributed by atoms with Crippen LogP contribution in [0.5, 0.6) is 0 Å². The number of aromatic nitrogens is 2. The van der Waals surface area contributed by atoms with Gasteiger partial charge in [-0.05, 0) is 39.2 Å². The number of carbonyl (C=O) groups excluding carboxylic acids is 1. The van der Waals surface area contributed by atoms with Crippen molar-refractivity contribution in [2.75, 3.05) is 13.1 Å². The highest BCUT2D eigenvalue weighted by molar-refractivity contribution is 5.68. The lowest BCUT2D eigenvalue weighted by atomic mass is 10.1. The first-order valence-corrected chi connectivity index (χ1v) is 6.75. The molecule has 1 aromatic rings. The fraction of sp³-hybridized carbons (Fsp3) is 0.714. The first-order valence-electron chi connectivity index (χ1n) is 6.75. The van der Waals surface area contributed by atoms with Crippen LogP contribution in [0.25, 0.3) is 0 Å². The van der Waals surface area contributed by atoms with E-state index in [9.17, 15) is 4.79 Å². The summed E-state index contributed by atoms with van der Waals surface area (Å²) in [6.07, 6.45) is 3.65. The highest BCUT2D eigenvalue weighted by Crippen LogP contribution is 2.28. The number of hydrogen-bond donors (Lipinski definition) is 0. The van der Waals surface area contributed by atoms with Gasteiger partial charge in [-0.1, -0.05) is 6.92 Å². The van der Waals surface area contributed by atoms with E-state index in [1.54, 1.807) is 4.90 Å². The monoisotopic (exact) mass is 265 g/mol. The van der Waals surface area contributed by atoms with Crippen LogP contribution in [-0.2, 0) is 4.74 Å². The van der Waals surface area contributed by atoms with Gasteiger partial charge in [0.15, 0.2) is 0 Å². The molecule has 0 spiro atoms. The molecule has 1 saturated heterocycles. The first-order chi connectivity index (χ1) is 8.76. The first kappa shape index (κ1) is 13.9. The molecular formula is C14H23N3O2. The molecule has 0 saturated carbocycles. The van der Waals surface area contributed by atoms with E-state index in [-0.39, 0.29) is 12.1 Å².